The van der Waals surface area contributed by atoms with Crippen LogP contribution >= 0.6 is 0 Å². The van der Waals surface area contributed by atoms with Crippen molar-refractivity contribution in [3.05, 3.63) is 120 Å². The predicted molar refractivity (Wildman–Crippen MR) is 133 cm³/mol. The van der Waals surface area contributed by atoms with Crippen LogP contribution in [0, 0.1) is 24.4 Å². The molecule has 4 rings (SSSR count). The Bertz CT molecular complexity index is 1310. The van der Waals surface area contributed by atoms with Gasteiger partial charge in [-0.3, -0.25) is 0 Å². The Balaban J connectivity index is 1.43. The summed E-state index contributed by atoms with van der Waals surface area (Å²) in [7, 11) is 0. The topological polar surface area (TPSA) is 18.5 Å². The summed E-state index contributed by atoms with van der Waals surface area (Å²) < 4.78 is 55.0. The molecule has 4 aromatic carbocycles. The van der Waals surface area contributed by atoms with E-state index in [0.717, 1.165) is 5.56 Å². The van der Waals surface area contributed by atoms with Crippen LogP contribution in [0.5, 0.6) is 11.5 Å². The Labute approximate surface area is 203 Å². The second kappa shape index (κ2) is 11.0. The Morgan fingerprint density at radius 2 is 1.34 bits per heavy atom. The van der Waals surface area contributed by atoms with Crippen LogP contribution in [0.2, 0.25) is 0 Å². The van der Waals surface area contributed by atoms with Crippen LogP contribution in [0.3, 0.4) is 0 Å². The molecule has 0 radical (unpaired) electrons. The molecule has 4 aromatic rings. The quantitative estimate of drug-likeness (QED) is 0.179. The largest absolute Gasteiger partial charge is 0.490 e. The van der Waals surface area contributed by atoms with Gasteiger partial charge in [0, 0.05) is 11.1 Å². The van der Waals surface area contributed by atoms with E-state index in [-0.39, 0.29) is 23.5 Å². The molecule has 0 aliphatic heterocycles. The van der Waals surface area contributed by atoms with Gasteiger partial charge in [-0.25, -0.2) is 13.2 Å². The highest BCUT2D eigenvalue weighted by Crippen LogP contribution is 2.32. The summed E-state index contributed by atoms with van der Waals surface area (Å²) in [6.45, 7) is 6.05. The second-order valence-corrected chi connectivity index (χ2v) is 8.16. The monoisotopic (exact) mass is 474 g/mol. The maximum absolute atomic E-state index is 14.9. The van der Waals surface area contributed by atoms with Gasteiger partial charge in [-0.1, -0.05) is 66.2 Å². The fraction of sp³-hybridized carbons (Fsp3) is 0.133. The normalized spacial score (nSPS) is 10.7. The molecule has 0 amide bonds. The van der Waals surface area contributed by atoms with Crippen LogP contribution in [-0.2, 0) is 6.61 Å². The zero-order chi connectivity index (χ0) is 24.8. The first-order valence-electron chi connectivity index (χ1n) is 11.3. The first-order chi connectivity index (χ1) is 17.0. The highest BCUT2D eigenvalue weighted by atomic mass is 19.2. The van der Waals surface area contributed by atoms with Gasteiger partial charge in [0.25, 0.3) is 0 Å². The van der Waals surface area contributed by atoms with Crippen LogP contribution in [0.4, 0.5) is 13.2 Å². The van der Waals surface area contributed by atoms with Crippen molar-refractivity contribution in [1.82, 2.24) is 0 Å². The van der Waals surface area contributed by atoms with Gasteiger partial charge in [-0.15, -0.1) is 6.58 Å². The van der Waals surface area contributed by atoms with Crippen molar-refractivity contribution in [2.24, 2.45) is 0 Å². The van der Waals surface area contributed by atoms with Gasteiger partial charge >= 0.3 is 0 Å². The molecule has 0 aromatic heterocycles. The first kappa shape index (κ1) is 24.1. The minimum atomic E-state index is -0.900. The molecule has 0 N–H and O–H groups in total. The third kappa shape index (κ3) is 5.75. The van der Waals surface area contributed by atoms with E-state index in [1.54, 1.807) is 66.7 Å². The summed E-state index contributed by atoms with van der Waals surface area (Å²) in [5, 5.41) is 0. The summed E-state index contributed by atoms with van der Waals surface area (Å²) in [5.74, 6) is -1.54. The molecule has 0 saturated heterocycles. The van der Waals surface area contributed by atoms with E-state index in [0.29, 0.717) is 35.5 Å². The molecule has 0 bridgehead atoms. The third-order valence-electron chi connectivity index (χ3n) is 5.59. The average Bonchev–Trinajstić information content (AvgIpc) is 2.87. The molecule has 5 heteroatoms. The molecular formula is C30H25F3O2. The van der Waals surface area contributed by atoms with Crippen LogP contribution in [0.1, 0.15) is 17.5 Å². The van der Waals surface area contributed by atoms with E-state index in [1.165, 1.54) is 6.07 Å². The van der Waals surface area contributed by atoms with Crippen molar-refractivity contribution < 1.29 is 22.6 Å². The second-order valence-electron chi connectivity index (χ2n) is 8.16. The zero-order valence-corrected chi connectivity index (χ0v) is 19.4. The van der Waals surface area contributed by atoms with E-state index in [2.05, 4.69) is 6.58 Å². The van der Waals surface area contributed by atoms with Gasteiger partial charge in [0.15, 0.2) is 23.2 Å². The maximum atomic E-state index is 14.9. The molecule has 2 nitrogen and oxygen atoms in total. The first-order valence-corrected chi connectivity index (χ1v) is 11.3. The minimum absolute atomic E-state index is 0.150. The molecule has 0 fully saturated rings. The molecule has 0 unspecified atom stereocenters. The lowest BCUT2D eigenvalue weighted by Gasteiger charge is -2.11. The molecular weight excluding hydrogens is 449 g/mol. The van der Waals surface area contributed by atoms with E-state index in [1.807, 2.05) is 19.1 Å². The molecule has 0 atom stereocenters. The number of halogens is 3. The summed E-state index contributed by atoms with van der Waals surface area (Å²) in [4.78, 5) is 0. The summed E-state index contributed by atoms with van der Waals surface area (Å²) in [6.07, 6.45) is 2.34. The van der Waals surface area contributed by atoms with Gasteiger partial charge < -0.3 is 9.47 Å². The average molecular weight is 475 g/mol. The van der Waals surface area contributed by atoms with Crippen LogP contribution < -0.4 is 9.47 Å². The molecule has 0 aliphatic carbocycles. The van der Waals surface area contributed by atoms with E-state index >= 15 is 0 Å². The lowest BCUT2D eigenvalue weighted by atomic mass is 9.98. The van der Waals surface area contributed by atoms with E-state index < -0.39 is 17.5 Å². The Morgan fingerprint density at radius 3 is 1.91 bits per heavy atom. The highest BCUT2D eigenvalue weighted by Gasteiger charge is 2.16. The number of rotatable bonds is 9. The van der Waals surface area contributed by atoms with Crippen molar-refractivity contribution in [3.63, 3.8) is 0 Å². The smallest absolute Gasteiger partial charge is 0.167 e. The molecule has 0 aliphatic rings. The summed E-state index contributed by atoms with van der Waals surface area (Å²) in [5.41, 5.74) is 3.22. The van der Waals surface area contributed by atoms with Crippen molar-refractivity contribution in [3.8, 4) is 33.8 Å². The highest BCUT2D eigenvalue weighted by molar-refractivity contribution is 5.72. The van der Waals surface area contributed by atoms with Gasteiger partial charge in [-0.05, 0) is 54.3 Å². The summed E-state index contributed by atoms with van der Waals surface area (Å²) in [6, 6.07) is 21.8. The SMILES string of the molecule is C=CCCOc1ccc(COc2ccc(-c3ccc(-c4ccc(C)cc4)c(F)c3F)cc2)cc1F. The minimum Gasteiger partial charge on any atom is -0.490 e. The molecule has 0 saturated carbocycles. The Morgan fingerprint density at radius 1 is 0.743 bits per heavy atom. The van der Waals surface area contributed by atoms with Gasteiger partial charge in [0.1, 0.15) is 12.4 Å². The zero-order valence-electron chi connectivity index (χ0n) is 19.4. The fourth-order valence-electron chi connectivity index (χ4n) is 3.63. The number of hydrogen-bond donors (Lipinski definition) is 0. The van der Waals surface area contributed by atoms with Crippen LogP contribution in [0.25, 0.3) is 22.3 Å². The van der Waals surface area contributed by atoms with E-state index in [9.17, 15) is 13.2 Å². The lowest BCUT2D eigenvalue weighted by Crippen LogP contribution is -2.00. The van der Waals surface area contributed by atoms with Crippen LogP contribution in [0.15, 0.2) is 91.5 Å². The third-order valence-corrected chi connectivity index (χ3v) is 5.59. The Hall–Kier alpha value is -3.99. The fourth-order valence-corrected chi connectivity index (χ4v) is 3.63. The van der Waals surface area contributed by atoms with Gasteiger partial charge in [0.05, 0.1) is 6.61 Å². The Kier molecular flexibility index (Phi) is 7.56. The molecule has 0 spiro atoms. The maximum Gasteiger partial charge on any atom is 0.167 e. The van der Waals surface area contributed by atoms with Crippen molar-refractivity contribution in [1.29, 1.82) is 0 Å². The van der Waals surface area contributed by atoms with Crippen molar-refractivity contribution in [2.75, 3.05) is 6.61 Å². The summed E-state index contributed by atoms with van der Waals surface area (Å²) >= 11 is 0. The molecule has 0 heterocycles. The van der Waals surface area contributed by atoms with Crippen LogP contribution in [-0.4, -0.2) is 6.61 Å². The number of ether oxygens (including phenoxy) is 2. The van der Waals surface area contributed by atoms with Gasteiger partial charge in [0.2, 0.25) is 0 Å². The standard InChI is InChI=1S/C30H25F3O2/c1-3-4-17-34-28-16-7-21(18-27(28)31)19-35-24-12-10-23(11-13-24)26-15-14-25(29(32)30(26)33)22-8-5-20(2)6-9-22/h3,5-16,18H,1,4,17,19H2,2H3. The number of aryl methyl sites for hydroxylation is 1. The molecule has 178 valence electrons. The van der Waals surface area contributed by atoms with Gasteiger partial charge in [-0.2, -0.15) is 0 Å². The van der Waals surface area contributed by atoms with E-state index in [4.69, 9.17) is 9.47 Å². The predicted octanol–water partition coefficient (Wildman–Crippen LogP) is 8.28. The lowest BCUT2D eigenvalue weighted by molar-refractivity contribution is 0.298. The number of benzene rings is 4. The number of hydrogen-bond acceptors (Lipinski definition) is 2. The van der Waals surface area contributed by atoms with Crippen molar-refractivity contribution >= 4 is 0 Å². The van der Waals surface area contributed by atoms with Crippen molar-refractivity contribution in [2.45, 2.75) is 20.0 Å². The molecule has 35 heavy (non-hydrogen) atoms.